The molecule has 8 nitrogen and oxygen atoms in total. The van der Waals surface area contributed by atoms with Crippen LogP contribution in [-0.2, 0) is 11.8 Å². The Kier molecular flexibility index (Phi) is 5.90. The van der Waals surface area contributed by atoms with E-state index < -0.39 is 0 Å². The molecule has 0 aliphatic carbocycles. The molecule has 170 valence electrons. The van der Waals surface area contributed by atoms with E-state index in [4.69, 9.17) is 4.42 Å². The summed E-state index contributed by atoms with van der Waals surface area (Å²) in [6.45, 7) is 1.39. The molecule has 0 atom stereocenters. The minimum Gasteiger partial charge on any atom is -0.420 e. The number of likely N-dealkylation sites (tertiary alicyclic amines) is 1. The zero-order chi connectivity index (χ0) is 22.8. The molecule has 1 aromatic carbocycles. The van der Waals surface area contributed by atoms with E-state index in [1.807, 2.05) is 59.1 Å². The Labute approximate surface area is 192 Å². The number of Topliss-reactive ketones (excluding diaryl/α,β-unsaturated/α-hetero) is 1. The van der Waals surface area contributed by atoms with Crippen molar-refractivity contribution < 1.29 is 14.0 Å². The Morgan fingerprint density at radius 1 is 1.12 bits per heavy atom. The van der Waals surface area contributed by atoms with Crippen LogP contribution >= 0.6 is 0 Å². The molecule has 2 aromatic heterocycles. The molecular weight excluding hydrogens is 418 g/mol. The van der Waals surface area contributed by atoms with E-state index in [0.29, 0.717) is 56.1 Å². The molecule has 33 heavy (non-hydrogen) atoms. The number of piperidine rings is 1. The maximum absolute atomic E-state index is 12.7. The van der Waals surface area contributed by atoms with Crippen molar-refractivity contribution >= 4 is 23.2 Å². The lowest BCUT2D eigenvalue weighted by Gasteiger charge is -2.30. The molecule has 8 heteroatoms. The topological polar surface area (TPSA) is 93.6 Å². The highest BCUT2D eigenvalue weighted by Crippen LogP contribution is 2.30. The van der Waals surface area contributed by atoms with Gasteiger partial charge >= 0.3 is 0 Å². The molecule has 2 aliphatic rings. The number of rotatable bonds is 6. The Balaban J connectivity index is 1.10. The third kappa shape index (κ3) is 4.51. The van der Waals surface area contributed by atoms with Crippen molar-refractivity contribution in [3.05, 3.63) is 54.0 Å². The number of carbonyl (C=O) groups is 2. The van der Waals surface area contributed by atoms with E-state index in [-0.39, 0.29) is 17.6 Å². The van der Waals surface area contributed by atoms with Crippen LogP contribution in [-0.4, -0.2) is 50.2 Å². The molecule has 0 radical (unpaired) electrons. The second kappa shape index (κ2) is 9.13. The van der Waals surface area contributed by atoms with E-state index in [9.17, 15) is 9.59 Å². The molecule has 0 bridgehead atoms. The first-order valence-electron chi connectivity index (χ1n) is 11.5. The molecule has 2 aliphatic heterocycles. The summed E-state index contributed by atoms with van der Waals surface area (Å²) in [5.41, 5.74) is 2.47. The molecule has 1 amide bonds. The summed E-state index contributed by atoms with van der Waals surface area (Å²) in [5.74, 6) is 2.37. The van der Waals surface area contributed by atoms with E-state index in [1.54, 1.807) is 0 Å². The number of hydrogen-bond donors (Lipinski definition) is 0. The number of amides is 1. The third-order valence-corrected chi connectivity index (χ3v) is 6.48. The van der Waals surface area contributed by atoms with Gasteiger partial charge < -0.3 is 13.9 Å². The number of aryl methyl sites for hydroxylation is 1. The summed E-state index contributed by atoms with van der Waals surface area (Å²) in [5, 5.41) is 8.44. The fourth-order valence-corrected chi connectivity index (χ4v) is 4.57. The van der Waals surface area contributed by atoms with Crippen molar-refractivity contribution in [3.63, 3.8) is 0 Å². The Morgan fingerprint density at radius 3 is 2.70 bits per heavy atom. The first-order chi connectivity index (χ1) is 16.1. The minimum absolute atomic E-state index is 0.112. The number of hydrogen-bond acceptors (Lipinski definition) is 6. The highest BCUT2D eigenvalue weighted by Gasteiger charge is 2.28. The molecule has 1 saturated heterocycles. The number of aliphatic imine (C=N–C) groups is 1. The molecule has 1 fully saturated rings. The van der Waals surface area contributed by atoms with Gasteiger partial charge in [-0.15, -0.1) is 10.2 Å². The van der Waals surface area contributed by atoms with Gasteiger partial charge in [0, 0.05) is 56.4 Å². The first-order valence-corrected chi connectivity index (χ1v) is 11.5. The number of fused-ring (bicyclic) bond motifs is 1. The number of aromatic nitrogens is 3. The average molecular weight is 446 g/mol. The van der Waals surface area contributed by atoms with Gasteiger partial charge in [-0.05, 0) is 43.9 Å². The molecule has 0 spiro atoms. The smallest absolute Gasteiger partial charge is 0.247 e. The van der Waals surface area contributed by atoms with Gasteiger partial charge in [0.25, 0.3) is 0 Å². The van der Waals surface area contributed by atoms with Crippen molar-refractivity contribution in [3.8, 4) is 11.5 Å². The van der Waals surface area contributed by atoms with E-state index in [2.05, 4.69) is 15.2 Å². The summed E-state index contributed by atoms with van der Waals surface area (Å²) in [6, 6.07) is 11.6. The van der Waals surface area contributed by atoms with Crippen LogP contribution in [0, 0.1) is 0 Å². The second-order valence-corrected chi connectivity index (χ2v) is 8.76. The average Bonchev–Trinajstić information content (AvgIpc) is 3.48. The monoisotopic (exact) mass is 445 g/mol. The van der Waals surface area contributed by atoms with E-state index in [1.165, 1.54) is 0 Å². The summed E-state index contributed by atoms with van der Waals surface area (Å²) in [6.07, 6.45) is 5.69. The summed E-state index contributed by atoms with van der Waals surface area (Å²) >= 11 is 0. The maximum atomic E-state index is 12.7. The molecule has 0 unspecified atom stereocenters. The Bertz CT molecular complexity index is 1190. The zero-order valence-electron chi connectivity index (χ0n) is 18.7. The maximum Gasteiger partial charge on any atom is 0.247 e. The van der Waals surface area contributed by atoms with E-state index >= 15 is 0 Å². The summed E-state index contributed by atoms with van der Waals surface area (Å²) in [4.78, 5) is 31.6. The number of benzene rings is 1. The standard InChI is InChI=1S/C25H27N5O3/c1-29-13-12-20-21(31)16-19(26-23(20)29)8-5-9-22(32)30-14-10-18(11-15-30)25-28-27-24(33-25)17-6-3-2-4-7-17/h2-4,6-7,12-13,18H,5,8-11,14-16H2,1H3. The summed E-state index contributed by atoms with van der Waals surface area (Å²) < 4.78 is 7.77. The zero-order valence-corrected chi connectivity index (χ0v) is 18.7. The van der Waals surface area contributed by atoms with Gasteiger partial charge in [-0.2, -0.15) is 0 Å². The largest absolute Gasteiger partial charge is 0.420 e. The van der Waals surface area contributed by atoms with Gasteiger partial charge in [-0.1, -0.05) is 18.2 Å². The predicted molar refractivity (Wildman–Crippen MR) is 124 cm³/mol. The lowest BCUT2D eigenvalue weighted by atomic mass is 9.96. The first kappa shape index (κ1) is 21.3. The van der Waals surface area contributed by atoms with Crippen LogP contribution in [0.15, 0.2) is 52.0 Å². The fraction of sp³-hybridized carbons (Fsp3) is 0.400. The quantitative estimate of drug-likeness (QED) is 0.564. The van der Waals surface area contributed by atoms with Crippen LogP contribution in [0.5, 0.6) is 0 Å². The molecule has 0 saturated carbocycles. The predicted octanol–water partition coefficient (Wildman–Crippen LogP) is 4.31. The van der Waals surface area contributed by atoms with Gasteiger partial charge in [0.1, 0.15) is 5.82 Å². The SMILES string of the molecule is Cn1ccc2c1N=C(CCCC(=O)N1CCC(c3nnc(-c4ccccc4)o3)CC1)CC2=O. The fourth-order valence-electron chi connectivity index (χ4n) is 4.57. The van der Waals surface area contributed by atoms with Crippen LogP contribution in [0.2, 0.25) is 0 Å². The van der Waals surface area contributed by atoms with Crippen molar-refractivity contribution in [2.45, 2.75) is 44.4 Å². The van der Waals surface area contributed by atoms with Crippen LogP contribution in [0.4, 0.5) is 5.82 Å². The third-order valence-electron chi connectivity index (χ3n) is 6.48. The highest BCUT2D eigenvalue weighted by molar-refractivity contribution is 6.15. The molecule has 5 rings (SSSR count). The van der Waals surface area contributed by atoms with E-state index in [0.717, 1.165) is 29.9 Å². The molecular formula is C25H27N5O3. The van der Waals surface area contributed by atoms with Crippen LogP contribution in [0.1, 0.15) is 60.7 Å². The number of ketones is 1. The number of carbonyl (C=O) groups excluding carboxylic acids is 2. The highest BCUT2D eigenvalue weighted by atomic mass is 16.4. The van der Waals surface area contributed by atoms with Crippen molar-refractivity contribution in [1.29, 1.82) is 0 Å². The molecule has 4 heterocycles. The van der Waals surface area contributed by atoms with Gasteiger partial charge in [-0.25, -0.2) is 4.99 Å². The van der Waals surface area contributed by atoms with Crippen LogP contribution < -0.4 is 0 Å². The van der Waals surface area contributed by atoms with Gasteiger partial charge in [0.05, 0.1) is 5.56 Å². The van der Waals surface area contributed by atoms with Crippen molar-refractivity contribution in [2.24, 2.45) is 12.0 Å². The molecule has 0 N–H and O–H groups in total. The second-order valence-electron chi connectivity index (χ2n) is 8.76. The van der Waals surface area contributed by atoms with Crippen molar-refractivity contribution in [2.75, 3.05) is 13.1 Å². The Hall–Kier alpha value is -3.55. The van der Waals surface area contributed by atoms with Gasteiger partial charge in [-0.3, -0.25) is 9.59 Å². The van der Waals surface area contributed by atoms with Crippen LogP contribution in [0.25, 0.3) is 11.5 Å². The van der Waals surface area contributed by atoms with Crippen molar-refractivity contribution in [1.82, 2.24) is 19.7 Å². The number of nitrogens with zero attached hydrogens (tertiary/aromatic N) is 5. The lowest BCUT2D eigenvalue weighted by Crippen LogP contribution is -2.37. The molecule has 3 aromatic rings. The normalized spacial score (nSPS) is 16.6. The van der Waals surface area contributed by atoms with Crippen LogP contribution in [0.3, 0.4) is 0 Å². The summed E-state index contributed by atoms with van der Waals surface area (Å²) in [7, 11) is 1.89. The van der Waals surface area contributed by atoms with Gasteiger partial charge in [0.15, 0.2) is 5.78 Å². The minimum atomic E-state index is 0.112. The Morgan fingerprint density at radius 2 is 1.91 bits per heavy atom. The lowest BCUT2D eigenvalue weighted by molar-refractivity contribution is -0.132. The van der Waals surface area contributed by atoms with Gasteiger partial charge in [0.2, 0.25) is 17.7 Å².